The molecule has 0 aromatic heterocycles. The summed E-state index contributed by atoms with van der Waals surface area (Å²) in [6, 6.07) is 6.51. The third kappa shape index (κ3) is 2.18. The second kappa shape index (κ2) is 4.56. The minimum absolute atomic E-state index is 0.190. The van der Waals surface area contributed by atoms with Crippen LogP contribution in [-0.2, 0) is 17.6 Å². The van der Waals surface area contributed by atoms with Crippen LogP contribution in [-0.4, -0.2) is 18.7 Å². The van der Waals surface area contributed by atoms with E-state index in [1.165, 1.54) is 16.7 Å². The number of fused-ring (bicyclic) bond motifs is 1. The van der Waals surface area contributed by atoms with Gasteiger partial charge in [-0.05, 0) is 43.4 Å². The van der Waals surface area contributed by atoms with Crippen molar-refractivity contribution in [3.05, 3.63) is 34.9 Å². The molecule has 0 saturated heterocycles. The average molecular weight is 219 g/mol. The monoisotopic (exact) mass is 219 g/mol. The second-order valence-corrected chi connectivity index (χ2v) is 4.18. The summed E-state index contributed by atoms with van der Waals surface area (Å²) in [5.41, 5.74) is 4.04. The Labute approximate surface area is 95.8 Å². The number of benzene rings is 1. The molecule has 1 aliphatic rings. The molecule has 0 unspecified atom stereocenters. The van der Waals surface area contributed by atoms with Gasteiger partial charge in [0.25, 0.3) is 0 Å². The molecule has 0 bridgehead atoms. The lowest BCUT2D eigenvalue weighted by Crippen LogP contribution is -2.35. The fourth-order valence-electron chi connectivity index (χ4n) is 2.27. The molecule has 2 rings (SSSR count). The van der Waals surface area contributed by atoms with Crippen LogP contribution >= 0.6 is 0 Å². The normalized spacial score (nSPS) is 18.0. The second-order valence-electron chi connectivity index (χ2n) is 4.18. The van der Waals surface area contributed by atoms with Crippen molar-refractivity contribution < 1.29 is 9.53 Å². The predicted molar refractivity (Wildman–Crippen MR) is 62.5 cm³/mol. The van der Waals surface area contributed by atoms with E-state index in [0.29, 0.717) is 6.61 Å². The quantitative estimate of drug-likeness (QED) is 0.828. The summed E-state index contributed by atoms with van der Waals surface area (Å²) in [5.74, 6) is 0. The number of aryl methyl sites for hydroxylation is 1. The van der Waals surface area contributed by atoms with Gasteiger partial charge in [-0.1, -0.05) is 18.2 Å². The predicted octanol–water partition coefficient (Wildman–Crippen LogP) is 2.21. The van der Waals surface area contributed by atoms with Crippen LogP contribution in [0.2, 0.25) is 0 Å². The highest BCUT2D eigenvalue weighted by Gasteiger charge is 2.24. The molecule has 0 spiro atoms. The molecule has 1 aromatic carbocycles. The SMILES string of the molecule is CCOC(=O)N[C@@H]1Cc2cccc(C)c2C1. The molecule has 0 aliphatic heterocycles. The van der Waals surface area contributed by atoms with Crippen molar-refractivity contribution in [2.75, 3.05) is 6.61 Å². The largest absolute Gasteiger partial charge is 0.450 e. The summed E-state index contributed by atoms with van der Waals surface area (Å²) >= 11 is 0. The first-order valence-corrected chi connectivity index (χ1v) is 5.71. The third-order valence-corrected chi connectivity index (χ3v) is 3.02. The third-order valence-electron chi connectivity index (χ3n) is 3.02. The van der Waals surface area contributed by atoms with E-state index in [2.05, 4.69) is 30.4 Å². The molecule has 86 valence electrons. The summed E-state index contributed by atoms with van der Waals surface area (Å²) in [6.45, 7) is 4.35. The lowest BCUT2D eigenvalue weighted by Gasteiger charge is -2.11. The van der Waals surface area contributed by atoms with Crippen molar-refractivity contribution in [2.45, 2.75) is 32.7 Å². The topological polar surface area (TPSA) is 38.3 Å². The Morgan fingerprint density at radius 3 is 3.00 bits per heavy atom. The highest BCUT2D eigenvalue weighted by Crippen LogP contribution is 2.25. The van der Waals surface area contributed by atoms with Gasteiger partial charge in [-0.15, -0.1) is 0 Å². The zero-order valence-electron chi connectivity index (χ0n) is 9.75. The van der Waals surface area contributed by atoms with Crippen molar-refractivity contribution in [3.63, 3.8) is 0 Å². The molecule has 0 fully saturated rings. The van der Waals surface area contributed by atoms with Gasteiger partial charge in [0, 0.05) is 6.04 Å². The van der Waals surface area contributed by atoms with Crippen LogP contribution in [0.15, 0.2) is 18.2 Å². The minimum Gasteiger partial charge on any atom is -0.450 e. The molecule has 1 atom stereocenters. The van der Waals surface area contributed by atoms with Crippen LogP contribution < -0.4 is 5.32 Å². The molecular weight excluding hydrogens is 202 g/mol. The lowest BCUT2D eigenvalue weighted by atomic mass is 10.1. The Morgan fingerprint density at radius 1 is 1.50 bits per heavy atom. The summed E-state index contributed by atoms with van der Waals surface area (Å²) in [4.78, 5) is 11.3. The molecule has 1 amide bonds. The van der Waals surface area contributed by atoms with Crippen molar-refractivity contribution in [2.24, 2.45) is 0 Å². The Hall–Kier alpha value is -1.51. The highest BCUT2D eigenvalue weighted by atomic mass is 16.5. The van der Waals surface area contributed by atoms with E-state index >= 15 is 0 Å². The number of carbonyl (C=O) groups excluding carboxylic acids is 1. The van der Waals surface area contributed by atoms with Crippen molar-refractivity contribution >= 4 is 6.09 Å². The van der Waals surface area contributed by atoms with Gasteiger partial charge in [-0.25, -0.2) is 4.79 Å². The maximum absolute atomic E-state index is 11.3. The van der Waals surface area contributed by atoms with Crippen molar-refractivity contribution in [1.29, 1.82) is 0 Å². The van der Waals surface area contributed by atoms with E-state index in [0.717, 1.165) is 12.8 Å². The van der Waals surface area contributed by atoms with E-state index in [9.17, 15) is 4.79 Å². The molecule has 0 radical (unpaired) electrons. The number of hydrogen-bond donors (Lipinski definition) is 1. The smallest absolute Gasteiger partial charge is 0.407 e. The van der Waals surface area contributed by atoms with Gasteiger partial charge in [0.1, 0.15) is 0 Å². The number of carbonyl (C=O) groups is 1. The lowest BCUT2D eigenvalue weighted by molar-refractivity contribution is 0.148. The first-order valence-electron chi connectivity index (χ1n) is 5.71. The molecule has 3 heteroatoms. The minimum atomic E-state index is -0.307. The molecular formula is C13H17NO2. The number of nitrogens with one attached hydrogen (secondary N) is 1. The van der Waals surface area contributed by atoms with Gasteiger partial charge in [0.05, 0.1) is 6.61 Å². The van der Waals surface area contributed by atoms with Crippen LogP contribution in [0.25, 0.3) is 0 Å². The summed E-state index contributed by atoms with van der Waals surface area (Å²) < 4.78 is 4.88. The maximum atomic E-state index is 11.3. The number of alkyl carbamates (subject to hydrolysis) is 1. The number of rotatable bonds is 2. The standard InChI is InChI=1S/C13H17NO2/c1-3-16-13(15)14-11-7-10-6-4-5-9(2)12(10)8-11/h4-6,11H,3,7-8H2,1-2H3,(H,14,15)/t11-/m1/s1. The van der Waals surface area contributed by atoms with Crippen molar-refractivity contribution in [3.8, 4) is 0 Å². The van der Waals surface area contributed by atoms with Crippen LogP contribution in [0.4, 0.5) is 4.79 Å². The Kier molecular flexibility index (Phi) is 3.13. The van der Waals surface area contributed by atoms with Gasteiger partial charge in [0.2, 0.25) is 0 Å². The summed E-state index contributed by atoms with van der Waals surface area (Å²) in [6.07, 6.45) is 1.52. The fraction of sp³-hybridized carbons (Fsp3) is 0.462. The maximum Gasteiger partial charge on any atom is 0.407 e. The van der Waals surface area contributed by atoms with Crippen LogP contribution in [0.1, 0.15) is 23.6 Å². The van der Waals surface area contributed by atoms with E-state index in [1.807, 2.05) is 6.92 Å². The zero-order chi connectivity index (χ0) is 11.5. The van der Waals surface area contributed by atoms with Gasteiger partial charge < -0.3 is 10.1 Å². The average Bonchev–Trinajstić information content (AvgIpc) is 2.62. The molecule has 0 saturated carbocycles. The Bertz CT molecular complexity index is 401. The van der Waals surface area contributed by atoms with E-state index in [-0.39, 0.29) is 12.1 Å². The molecule has 1 N–H and O–H groups in total. The number of hydrogen-bond acceptors (Lipinski definition) is 2. The van der Waals surface area contributed by atoms with E-state index in [4.69, 9.17) is 4.74 Å². The van der Waals surface area contributed by atoms with Gasteiger partial charge >= 0.3 is 6.09 Å². The first kappa shape index (κ1) is 11.0. The number of amides is 1. The summed E-state index contributed by atoms with van der Waals surface area (Å²) in [7, 11) is 0. The van der Waals surface area contributed by atoms with E-state index in [1.54, 1.807) is 0 Å². The Morgan fingerprint density at radius 2 is 2.31 bits per heavy atom. The molecule has 1 aliphatic carbocycles. The molecule has 3 nitrogen and oxygen atoms in total. The molecule has 0 heterocycles. The first-order chi connectivity index (χ1) is 7.70. The van der Waals surface area contributed by atoms with Crippen LogP contribution in [0.3, 0.4) is 0 Å². The highest BCUT2D eigenvalue weighted by molar-refractivity contribution is 5.68. The fourth-order valence-corrected chi connectivity index (χ4v) is 2.27. The van der Waals surface area contributed by atoms with Gasteiger partial charge in [0.15, 0.2) is 0 Å². The van der Waals surface area contributed by atoms with Gasteiger partial charge in [-0.3, -0.25) is 0 Å². The van der Waals surface area contributed by atoms with Crippen LogP contribution in [0, 0.1) is 6.92 Å². The van der Waals surface area contributed by atoms with Gasteiger partial charge in [-0.2, -0.15) is 0 Å². The molecule has 16 heavy (non-hydrogen) atoms. The van der Waals surface area contributed by atoms with Crippen LogP contribution in [0.5, 0.6) is 0 Å². The molecule has 1 aromatic rings. The number of ether oxygens (including phenoxy) is 1. The zero-order valence-corrected chi connectivity index (χ0v) is 9.75. The van der Waals surface area contributed by atoms with E-state index < -0.39 is 0 Å². The summed E-state index contributed by atoms with van der Waals surface area (Å²) in [5, 5.41) is 2.89. The Balaban J connectivity index is 2.00. The van der Waals surface area contributed by atoms with Crippen molar-refractivity contribution in [1.82, 2.24) is 5.32 Å².